The Balaban J connectivity index is 0.000000214. The molecular weight excluding hydrogens is 831 g/mol. The zero-order valence-electron chi connectivity index (χ0n) is 38.4. The number of nitrogens with two attached hydrogens (primary N) is 3. The van der Waals surface area contributed by atoms with Gasteiger partial charge in [-0.3, -0.25) is 9.98 Å². The Morgan fingerprint density at radius 3 is 1.60 bits per heavy atom. The molecule has 8 N–H and O–H groups in total. The normalized spacial score (nSPS) is 12.1. The van der Waals surface area contributed by atoms with Gasteiger partial charge in [-0.2, -0.15) is 0 Å². The molecule has 2 heterocycles. The number of nitrogen functional groups attached to an aromatic ring is 1. The molecule has 0 saturated heterocycles. The molecule has 2 aromatic heterocycles. The first-order valence-corrected chi connectivity index (χ1v) is 22.9. The van der Waals surface area contributed by atoms with Gasteiger partial charge in [0.1, 0.15) is 11.7 Å². The van der Waals surface area contributed by atoms with Crippen molar-refractivity contribution in [1.82, 2.24) is 9.13 Å². The van der Waals surface area contributed by atoms with Crippen LogP contribution in [0, 0.1) is 19.3 Å². The van der Waals surface area contributed by atoms with Gasteiger partial charge in [0, 0.05) is 39.8 Å². The number of benzene rings is 9. The summed E-state index contributed by atoms with van der Waals surface area (Å²) in [5.74, 6) is 0.556. The minimum atomic E-state index is -0.244. The SMILES string of the molecule is Cc1ccccc1.Cc1ccccc1.N=C(N)C1c2ccccc2-c2cc(-n3c4ccccc4c4ccc5c(Nc6ccccc6)c(N)n(-c6ccccc6)c5c43)ccc21.NCc1ccccc1. The summed E-state index contributed by atoms with van der Waals surface area (Å²) in [7, 11) is 0. The van der Waals surface area contributed by atoms with E-state index in [9.17, 15) is 0 Å². The van der Waals surface area contributed by atoms with Crippen LogP contribution in [-0.2, 0) is 6.54 Å². The summed E-state index contributed by atoms with van der Waals surface area (Å²) in [6, 6.07) is 78.8. The van der Waals surface area contributed by atoms with Crippen molar-refractivity contribution in [2.24, 2.45) is 11.5 Å². The quantitative estimate of drug-likeness (QED) is 0.0842. The molecule has 1 aliphatic carbocycles. The maximum Gasteiger partial charge on any atom is 0.133 e. The number of nitrogens with zero attached hydrogens (tertiary/aromatic N) is 2. The first kappa shape index (κ1) is 44.5. The van der Waals surface area contributed by atoms with Crippen LogP contribution in [0.5, 0.6) is 0 Å². The number of rotatable bonds is 6. The van der Waals surface area contributed by atoms with Gasteiger partial charge in [-0.1, -0.05) is 193 Å². The zero-order chi connectivity index (χ0) is 47.0. The molecule has 0 bridgehead atoms. The zero-order valence-corrected chi connectivity index (χ0v) is 38.4. The van der Waals surface area contributed by atoms with E-state index >= 15 is 0 Å². The molecule has 9 aromatic carbocycles. The summed E-state index contributed by atoms with van der Waals surface area (Å²) in [4.78, 5) is 0. The van der Waals surface area contributed by atoms with Gasteiger partial charge in [0.05, 0.1) is 28.2 Å². The molecule has 0 fully saturated rings. The highest BCUT2D eigenvalue weighted by atomic mass is 15.1. The van der Waals surface area contributed by atoms with Gasteiger partial charge >= 0.3 is 0 Å². The largest absolute Gasteiger partial charge is 0.387 e. The maximum atomic E-state index is 8.41. The Labute approximate surface area is 398 Å². The highest BCUT2D eigenvalue weighted by Crippen LogP contribution is 2.48. The summed E-state index contributed by atoms with van der Waals surface area (Å²) in [6.07, 6.45) is 0. The monoisotopic (exact) mass is 885 g/mol. The van der Waals surface area contributed by atoms with Gasteiger partial charge in [0.2, 0.25) is 0 Å². The van der Waals surface area contributed by atoms with Crippen LogP contribution in [0.4, 0.5) is 17.2 Å². The van der Waals surface area contributed by atoms with Crippen molar-refractivity contribution in [2.75, 3.05) is 11.1 Å². The molecule has 1 atom stereocenters. The molecule has 12 rings (SSSR count). The van der Waals surface area contributed by atoms with E-state index in [1.807, 2.05) is 109 Å². The van der Waals surface area contributed by atoms with Gasteiger partial charge in [-0.15, -0.1) is 0 Å². The van der Waals surface area contributed by atoms with E-state index in [-0.39, 0.29) is 11.8 Å². The highest BCUT2D eigenvalue weighted by Gasteiger charge is 2.31. The first-order chi connectivity index (χ1) is 33.3. The minimum absolute atomic E-state index is 0.159. The van der Waals surface area contributed by atoms with Crippen molar-refractivity contribution in [1.29, 1.82) is 5.41 Å². The average Bonchev–Trinajstić information content (AvgIpc) is 4.00. The summed E-state index contributed by atoms with van der Waals surface area (Å²) in [6.45, 7) is 4.81. The van der Waals surface area contributed by atoms with Crippen molar-refractivity contribution >= 4 is 55.7 Å². The van der Waals surface area contributed by atoms with Crippen LogP contribution in [-0.4, -0.2) is 15.0 Å². The smallest absolute Gasteiger partial charge is 0.133 e. The summed E-state index contributed by atoms with van der Waals surface area (Å²) < 4.78 is 4.54. The minimum Gasteiger partial charge on any atom is -0.387 e. The van der Waals surface area contributed by atoms with Crippen LogP contribution in [0.2, 0.25) is 0 Å². The van der Waals surface area contributed by atoms with E-state index in [2.05, 4.69) is 150 Å². The lowest BCUT2D eigenvalue weighted by Gasteiger charge is -2.15. The fourth-order valence-corrected chi connectivity index (χ4v) is 9.10. The molecule has 0 radical (unpaired) electrons. The van der Waals surface area contributed by atoms with E-state index < -0.39 is 0 Å². The van der Waals surface area contributed by atoms with Gasteiger partial charge < -0.3 is 27.1 Å². The number of fused-ring (bicyclic) bond motifs is 8. The van der Waals surface area contributed by atoms with Gasteiger partial charge in [-0.05, 0) is 90.2 Å². The van der Waals surface area contributed by atoms with Crippen molar-refractivity contribution in [3.8, 4) is 22.5 Å². The molecule has 1 aliphatic rings. The third-order valence-electron chi connectivity index (χ3n) is 12.3. The van der Waals surface area contributed by atoms with Crippen molar-refractivity contribution in [3.63, 3.8) is 0 Å². The fourth-order valence-electron chi connectivity index (χ4n) is 9.10. The molecule has 68 heavy (non-hydrogen) atoms. The number of aryl methyl sites for hydroxylation is 2. The second kappa shape index (κ2) is 20.3. The van der Waals surface area contributed by atoms with Gasteiger partial charge in [0.15, 0.2) is 0 Å². The topological polar surface area (TPSA) is 124 Å². The van der Waals surface area contributed by atoms with Gasteiger partial charge in [-0.25, -0.2) is 0 Å². The second-order valence-electron chi connectivity index (χ2n) is 16.9. The summed E-state index contributed by atoms with van der Waals surface area (Å²) in [5.41, 5.74) is 33.9. The Morgan fingerprint density at radius 2 is 1.01 bits per heavy atom. The van der Waals surface area contributed by atoms with Crippen molar-refractivity contribution in [3.05, 3.63) is 258 Å². The lowest BCUT2D eigenvalue weighted by molar-refractivity contribution is 1.07. The van der Waals surface area contributed by atoms with E-state index in [0.717, 1.165) is 72.3 Å². The Morgan fingerprint density at radius 1 is 0.500 bits per heavy atom. The predicted octanol–water partition coefficient (Wildman–Crippen LogP) is 14.2. The van der Waals surface area contributed by atoms with Gasteiger partial charge in [0.25, 0.3) is 0 Å². The van der Waals surface area contributed by atoms with E-state index in [4.69, 9.17) is 22.6 Å². The van der Waals surface area contributed by atoms with Crippen molar-refractivity contribution < 1.29 is 0 Å². The average molecular weight is 886 g/mol. The van der Waals surface area contributed by atoms with Crippen LogP contribution >= 0.6 is 0 Å². The van der Waals surface area contributed by atoms with Crippen LogP contribution in [0.1, 0.15) is 33.7 Å². The predicted molar refractivity (Wildman–Crippen MR) is 288 cm³/mol. The van der Waals surface area contributed by atoms with Crippen LogP contribution in [0.15, 0.2) is 231 Å². The number of hydrogen-bond donors (Lipinski definition) is 5. The Kier molecular flexibility index (Phi) is 13.3. The van der Waals surface area contributed by atoms with E-state index in [1.54, 1.807) is 0 Å². The molecule has 0 spiro atoms. The molecular formula is C61H55N7. The molecule has 1 unspecified atom stereocenters. The third-order valence-corrected chi connectivity index (χ3v) is 12.3. The van der Waals surface area contributed by atoms with Crippen LogP contribution in [0.25, 0.3) is 55.2 Å². The molecule has 0 amide bonds. The van der Waals surface area contributed by atoms with Crippen LogP contribution < -0.4 is 22.5 Å². The number of aromatic nitrogens is 2. The number of para-hydroxylation sites is 3. The lowest BCUT2D eigenvalue weighted by Crippen LogP contribution is -2.19. The molecule has 0 aliphatic heterocycles. The third kappa shape index (κ3) is 9.11. The number of amidine groups is 1. The Bertz CT molecular complexity index is 3420. The van der Waals surface area contributed by atoms with Crippen LogP contribution in [0.3, 0.4) is 0 Å². The number of hydrogen-bond acceptors (Lipinski definition) is 4. The number of nitrogens with one attached hydrogen (secondary N) is 2. The fraction of sp³-hybridized carbons (Fsp3) is 0.0656. The first-order valence-electron chi connectivity index (χ1n) is 22.9. The Hall–Kier alpha value is -8.65. The van der Waals surface area contributed by atoms with E-state index in [0.29, 0.717) is 12.4 Å². The molecule has 7 heteroatoms. The lowest BCUT2D eigenvalue weighted by atomic mass is 9.96. The maximum absolute atomic E-state index is 8.41. The molecule has 7 nitrogen and oxygen atoms in total. The molecule has 334 valence electrons. The summed E-state index contributed by atoms with van der Waals surface area (Å²) >= 11 is 0. The highest BCUT2D eigenvalue weighted by molar-refractivity contribution is 6.22. The standard InChI is InChI=1S/C40H30N6.C7H9N.2C7H8/c41-39(42)35-29-17-8-7-15-27(29)33-23-26(19-20-30(33)35)45-34-18-10-9-16-28(34)31-21-22-32-36(44-24-11-3-1-4-12-24)40(43)46(38(32)37(31)45)25-13-5-2-6-14-25;8-6-7-4-2-1-3-5-7;2*1-7-5-3-2-4-6-7/h1-23,35,44H,43H2,(H3,41,42);1-5H,6,8H2;2*2-6H,1H3. The van der Waals surface area contributed by atoms with Crippen molar-refractivity contribution in [2.45, 2.75) is 26.3 Å². The molecule has 0 saturated carbocycles. The second-order valence-corrected chi connectivity index (χ2v) is 16.9. The number of anilines is 3. The molecule has 11 aromatic rings. The summed E-state index contributed by atoms with van der Waals surface area (Å²) in [5, 5.41) is 15.4. The van der Waals surface area contributed by atoms with E-state index in [1.165, 1.54) is 22.1 Å².